The number of para-hydroxylation sites is 1. The number of halogens is 1. The Balaban J connectivity index is 1.64. The fraction of sp³-hybridized carbons (Fsp3) is 0.190. The fourth-order valence-electron chi connectivity index (χ4n) is 2.87. The summed E-state index contributed by atoms with van der Waals surface area (Å²) in [5.74, 6) is 0.0372. The quantitative estimate of drug-likeness (QED) is 0.641. The summed E-state index contributed by atoms with van der Waals surface area (Å²) in [4.78, 5) is 18.5. The van der Waals surface area contributed by atoms with Crippen molar-refractivity contribution in [3.05, 3.63) is 70.3 Å². The molecule has 0 atom stereocenters. The van der Waals surface area contributed by atoms with E-state index in [4.69, 9.17) is 0 Å². The van der Waals surface area contributed by atoms with E-state index in [1.165, 1.54) is 0 Å². The van der Waals surface area contributed by atoms with Gasteiger partial charge < -0.3 is 10.2 Å². The van der Waals surface area contributed by atoms with Crippen molar-refractivity contribution in [3.8, 4) is 6.07 Å². The van der Waals surface area contributed by atoms with E-state index < -0.39 is 0 Å². The van der Waals surface area contributed by atoms with Crippen LogP contribution in [-0.2, 0) is 11.3 Å². The zero-order chi connectivity index (χ0) is 19.2. The third-order valence-corrected chi connectivity index (χ3v) is 5.10. The van der Waals surface area contributed by atoms with Crippen molar-refractivity contribution >= 4 is 38.4 Å². The van der Waals surface area contributed by atoms with Gasteiger partial charge in [-0.15, -0.1) is 0 Å². The van der Waals surface area contributed by atoms with Gasteiger partial charge in [0.2, 0.25) is 5.91 Å². The first kappa shape index (κ1) is 18.9. The Hall–Kier alpha value is -2.91. The molecular weight excluding hydrogens is 404 g/mol. The van der Waals surface area contributed by atoms with E-state index in [1.807, 2.05) is 48.5 Å². The average Bonchev–Trinajstić information content (AvgIpc) is 2.69. The van der Waals surface area contributed by atoms with Gasteiger partial charge in [-0.05, 0) is 17.7 Å². The molecule has 0 saturated carbocycles. The van der Waals surface area contributed by atoms with Gasteiger partial charge in [0.1, 0.15) is 6.07 Å². The fourth-order valence-corrected chi connectivity index (χ4v) is 3.28. The van der Waals surface area contributed by atoms with Gasteiger partial charge in [0.15, 0.2) is 0 Å². The van der Waals surface area contributed by atoms with Crippen LogP contribution in [0.5, 0.6) is 0 Å². The number of carbonyl (C=O) groups is 1. The molecule has 1 aromatic heterocycles. The number of hydrogen-bond acceptors (Lipinski definition) is 4. The van der Waals surface area contributed by atoms with Crippen molar-refractivity contribution < 1.29 is 4.79 Å². The maximum absolute atomic E-state index is 12.5. The summed E-state index contributed by atoms with van der Waals surface area (Å²) in [5, 5.41) is 13.5. The average molecular weight is 423 g/mol. The van der Waals surface area contributed by atoms with Crippen LogP contribution in [0.2, 0.25) is 0 Å². The van der Waals surface area contributed by atoms with Crippen LogP contribution in [0.3, 0.4) is 0 Å². The van der Waals surface area contributed by atoms with Gasteiger partial charge in [-0.3, -0.25) is 9.78 Å². The number of hydrogen-bond donors (Lipinski definition) is 1. The van der Waals surface area contributed by atoms with Gasteiger partial charge >= 0.3 is 0 Å². The summed E-state index contributed by atoms with van der Waals surface area (Å²) in [6.45, 7) is 0.990. The van der Waals surface area contributed by atoms with Crippen molar-refractivity contribution in [1.29, 1.82) is 5.26 Å². The van der Waals surface area contributed by atoms with Crippen LogP contribution in [0.4, 0.5) is 5.69 Å². The third kappa shape index (κ3) is 4.44. The maximum atomic E-state index is 12.5. The van der Waals surface area contributed by atoms with Crippen LogP contribution in [0, 0.1) is 11.3 Å². The number of aromatic nitrogens is 1. The number of benzene rings is 2. The van der Waals surface area contributed by atoms with E-state index >= 15 is 0 Å². The number of nitrogens with one attached hydrogen (secondary N) is 1. The normalized spacial score (nSPS) is 10.4. The molecule has 0 saturated heterocycles. The minimum atomic E-state index is 0.0372. The number of nitriles is 1. The van der Waals surface area contributed by atoms with E-state index in [-0.39, 0.29) is 5.91 Å². The zero-order valence-electron chi connectivity index (χ0n) is 14.9. The summed E-state index contributed by atoms with van der Waals surface area (Å²) in [7, 11) is 1.80. The van der Waals surface area contributed by atoms with Crippen molar-refractivity contribution in [2.75, 3.05) is 18.9 Å². The highest BCUT2D eigenvalue weighted by Crippen LogP contribution is 2.25. The standard InChI is InChI=1S/C21H19BrN4O/c1-26(14-15-6-2-4-8-18(15)22)20(27)10-11-24-21-16(12-23)13-25-19-9-5-3-7-17(19)21/h2-9,13H,10-11,14H2,1H3,(H,24,25). The lowest BCUT2D eigenvalue weighted by Crippen LogP contribution is -2.28. The first-order valence-electron chi connectivity index (χ1n) is 8.59. The molecule has 1 N–H and O–H groups in total. The molecule has 0 spiro atoms. The molecule has 1 heterocycles. The molecular formula is C21H19BrN4O. The number of carbonyl (C=O) groups excluding carboxylic acids is 1. The van der Waals surface area contributed by atoms with Crippen LogP contribution in [0.15, 0.2) is 59.2 Å². The first-order chi connectivity index (χ1) is 13.1. The third-order valence-electron chi connectivity index (χ3n) is 4.33. The van der Waals surface area contributed by atoms with Gasteiger partial charge in [0, 0.05) is 42.6 Å². The van der Waals surface area contributed by atoms with E-state index in [0.29, 0.717) is 25.1 Å². The number of pyridine rings is 1. The second-order valence-corrected chi connectivity index (χ2v) is 7.05. The van der Waals surface area contributed by atoms with Gasteiger partial charge in [-0.1, -0.05) is 52.3 Å². The molecule has 5 nitrogen and oxygen atoms in total. The highest BCUT2D eigenvalue weighted by atomic mass is 79.9. The van der Waals surface area contributed by atoms with Crippen LogP contribution in [0.1, 0.15) is 17.5 Å². The first-order valence-corrected chi connectivity index (χ1v) is 9.38. The van der Waals surface area contributed by atoms with Crippen LogP contribution in [0.25, 0.3) is 10.9 Å². The van der Waals surface area contributed by atoms with Crippen molar-refractivity contribution in [1.82, 2.24) is 9.88 Å². The highest BCUT2D eigenvalue weighted by Gasteiger charge is 2.12. The Morgan fingerprint density at radius 3 is 2.74 bits per heavy atom. The Bertz CT molecular complexity index is 1010. The zero-order valence-corrected chi connectivity index (χ0v) is 16.5. The summed E-state index contributed by atoms with van der Waals surface area (Å²) >= 11 is 3.51. The topological polar surface area (TPSA) is 69.0 Å². The summed E-state index contributed by atoms with van der Waals surface area (Å²) < 4.78 is 0.990. The molecule has 1 amide bonds. The molecule has 0 fully saturated rings. The number of rotatable bonds is 6. The lowest BCUT2D eigenvalue weighted by molar-refractivity contribution is -0.130. The molecule has 0 radical (unpaired) electrons. The highest BCUT2D eigenvalue weighted by molar-refractivity contribution is 9.10. The van der Waals surface area contributed by atoms with Crippen LogP contribution >= 0.6 is 15.9 Å². The second-order valence-electron chi connectivity index (χ2n) is 6.19. The molecule has 3 rings (SSSR count). The second kappa shape index (κ2) is 8.65. The van der Waals surface area contributed by atoms with Gasteiger partial charge in [-0.2, -0.15) is 5.26 Å². The molecule has 2 aromatic carbocycles. The SMILES string of the molecule is CN(Cc1ccccc1Br)C(=O)CCNc1c(C#N)cnc2ccccc12. The summed E-state index contributed by atoms with van der Waals surface area (Å²) in [5.41, 5.74) is 3.08. The van der Waals surface area contributed by atoms with Gasteiger partial charge in [0.05, 0.1) is 16.8 Å². The minimum absolute atomic E-state index is 0.0372. The molecule has 6 heteroatoms. The Kier molecular flexibility index (Phi) is 6.05. The Morgan fingerprint density at radius 2 is 1.96 bits per heavy atom. The Labute approximate surface area is 166 Å². The van der Waals surface area contributed by atoms with E-state index in [9.17, 15) is 10.1 Å². The minimum Gasteiger partial charge on any atom is -0.383 e. The number of anilines is 1. The molecule has 3 aromatic rings. The largest absolute Gasteiger partial charge is 0.383 e. The monoisotopic (exact) mass is 422 g/mol. The maximum Gasteiger partial charge on any atom is 0.224 e. The van der Waals surface area contributed by atoms with E-state index in [2.05, 4.69) is 32.3 Å². The molecule has 0 aliphatic rings. The Morgan fingerprint density at radius 1 is 1.22 bits per heavy atom. The molecule has 0 unspecified atom stereocenters. The molecule has 0 aliphatic carbocycles. The lowest BCUT2D eigenvalue weighted by Gasteiger charge is -2.19. The summed E-state index contributed by atoms with van der Waals surface area (Å²) in [6, 6.07) is 17.7. The molecule has 27 heavy (non-hydrogen) atoms. The van der Waals surface area contributed by atoms with E-state index in [0.717, 1.165) is 26.6 Å². The number of fused-ring (bicyclic) bond motifs is 1. The van der Waals surface area contributed by atoms with Crippen LogP contribution < -0.4 is 5.32 Å². The smallest absolute Gasteiger partial charge is 0.224 e. The van der Waals surface area contributed by atoms with Crippen molar-refractivity contribution in [2.24, 2.45) is 0 Å². The summed E-state index contributed by atoms with van der Waals surface area (Å²) in [6.07, 6.45) is 1.90. The van der Waals surface area contributed by atoms with Crippen molar-refractivity contribution in [2.45, 2.75) is 13.0 Å². The molecule has 0 aliphatic heterocycles. The van der Waals surface area contributed by atoms with E-state index in [1.54, 1.807) is 18.1 Å². The van der Waals surface area contributed by atoms with Crippen molar-refractivity contribution in [3.63, 3.8) is 0 Å². The predicted molar refractivity (Wildman–Crippen MR) is 110 cm³/mol. The number of amides is 1. The van der Waals surface area contributed by atoms with Gasteiger partial charge in [-0.25, -0.2) is 0 Å². The predicted octanol–water partition coefficient (Wildman–Crippen LogP) is 4.33. The molecule has 0 bridgehead atoms. The van der Waals surface area contributed by atoms with Gasteiger partial charge in [0.25, 0.3) is 0 Å². The van der Waals surface area contributed by atoms with Crippen LogP contribution in [-0.4, -0.2) is 29.4 Å². The lowest BCUT2D eigenvalue weighted by atomic mass is 10.1. The molecule has 136 valence electrons. The number of nitrogens with zero attached hydrogens (tertiary/aromatic N) is 3.